The number of aliphatic carboxylic acids is 1. The van der Waals surface area contributed by atoms with Gasteiger partial charge in [-0.25, -0.2) is 4.79 Å². The zero-order chi connectivity index (χ0) is 18.1. The number of nitrogens with one attached hydrogen (secondary N) is 1. The van der Waals surface area contributed by atoms with E-state index in [-0.39, 0.29) is 17.7 Å². The van der Waals surface area contributed by atoms with E-state index in [4.69, 9.17) is 4.74 Å². The number of rotatable bonds is 5. The number of aryl methyl sites for hydroxylation is 1. The minimum atomic E-state index is -0.937. The fourth-order valence-corrected chi connectivity index (χ4v) is 4.84. The largest absolute Gasteiger partial charge is 0.481 e. The van der Waals surface area contributed by atoms with E-state index in [9.17, 15) is 19.5 Å². The average Bonchev–Trinajstić information content (AvgIpc) is 3.03. The molecule has 1 saturated carbocycles. The Bertz CT molecular complexity index is 738. The van der Waals surface area contributed by atoms with Crippen LogP contribution in [0.25, 0.3) is 0 Å². The van der Waals surface area contributed by atoms with Crippen molar-refractivity contribution < 1.29 is 24.2 Å². The van der Waals surface area contributed by atoms with Gasteiger partial charge in [-0.05, 0) is 37.2 Å². The van der Waals surface area contributed by atoms with E-state index in [1.54, 1.807) is 6.07 Å². The predicted molar refractivity (Wildman–Crippen MR) is 93.6 cm³/mol. The molecular formula is C18H21NO5S. The Morgan fingerprint density at radius 2 is 1.88 bits per heavy atom. The van der Waals surface area contributed by atoms with Crippen molar-refractivity contribution in [1.29, 1.82) is 0 Å². The van der Waals surface area contributed by atoms with Crippen molar-refractivity contribution in [3.05, 3.63) is 28.7 Å². The molecule has 4 atom stereocenters. The summed E-state index contributed by atoms with van der Waals surface area (Å²) in [5, 5.41) is 12.8. The lowest BCUT2D eigenvalue weighted by molar-refractivity contribution is -0.151. The molecule has 1 heterocycles. The van der Waals surface area contributed by atoms with Gasteiger partial charge in [-0.15, -0.1) is 11.3 Å². The van der Waals surface area contributed by atoms with Crippen LogP contribution < -0.4 is 5.32 Å². The molecule has 1 fully saturated rings. The molecular weight excluding hydrogens is 342 g/mol. The third-order valence-corrected chi connectivity index (χ3v) is 6.30. The second-order valence-corrected chi connectivity index (χ2v) is 7.61. The molecule has 0 aromatic carbocycles. The molecule has 2 N–H and O–H groups in total. The van der Waals surface area contributed by atoms with Crippen molar-refractivity contribution in [3.63, 3.8) is 0 Å². The minimum absolute atomic E-state index is 0.0710. The third kappa shape index (κ3) is 3.20. The first kappa shape index (κ1) is 17.7. The number of carbonyl (C=O) groups excluding carboxylic acids is 2. The zero-order valence-electron chi connectivity index (χ0n) is 14.2. The van der Waals surface area contributed by atoms with E-state index in [1.165, 1.54) is 18.4 Å². The highest BCUT2D eigenvalue weighted by Crippen LogP contribution is 2.45. The number of hydrogen-bond acceptors (Lipinski definition) is 5. The van der Waals surface area contributed by atoms with Crippen LogP contribution in [0.1, 0.15) is 35.0 Å². The van der Waals surface area contributed by atoms with Crippen LogP contribution in [0.4, 0.5) is 5.00 Å². The Balaban J connectivity index is 1.87. The maximum absolute atomic E-state index is 12.9. The van der Waals surface area contributed by atoms with Crippen LogP contribution in [0, 0.1) is 23.7 Å². The molecule has 25 heavy (non-hydrogen) atoms. The first-order valence-corrected chi connectivity index (χ1v) is 9.20. The predicted octanol–water partition coefficient (Wildman–Crippen LogP) is 2.95. The summed E-state index contributed by atoms with van der Waals surface area (Å²) in [6.45, 7) is 1.96. The number of carbonyl (C=O) groups is 3. The molecule has 0 unspecified atom stereocenters. The van der Waals surface area contributed by atoms with Gasteiger partial charge in [0.1, 0.15) is 5.00 Å². The number of esters is 1. The highest BCUT2D eigenvalue weighted by molar-refractivity contribution is 7.16. The normalized spacial score (nSPS) is 27.1. The molecule has 3 aliphatic carbocycles. The molecule has 3 aliphatic rings. The monoisotopic (exact) mass is 363 g/mol. The summed E-state index contributed by atoms with van der Waals surface area (Å²) in [5.74, 6) is -3.28. The molecule has 6 nitrogen and oxygen atoms in total. The smallest absolute Gasteiger partial charge is 0.340 e. The summed E-state index contributed by atoms with van der Waals surface area (Å²) in [7, 11) is 1.29. The highest BCUT2D eigenvalue weighted by atomic mass is 32.1. The van der Waals surface area contributed by atoms with Gasteiger partial charge in [-0.3, -0.25) is 9.59 Å². The van der Waals surface area contributed by atoms with Gasteiger partial charge in [0, 0.05) is 4.88 Å². The van der Waals surface area contributed by atoms with Crippen LogP contribution in [0.5, 0.6) is 0 Å². The van der Waals surface area contributed by atoms with Gasteiger partial charge in [0.15, 0.2) is 0 Å². The van der Waals surface area contributed by atoms with Crippen LogP contribution >= 0.6 is 11.3 Å². The van der Waals surface area contributed by atoms with Gasteiger partial charge in [0.05, 0.1) is 24.5 Å². The van der Waals surface area contributed by atoms with Gasteiger partial charge < -0.3 is 15.2 Å². The quantitative estimate of drug-likeness (QED) is 0.620. The summed E-state index contributed by atoms with van der Waals surface area (Å²) >= 11 is 1.33. The van der Waals surface area contributed by atoms with E-state index in [0.29, 0.717) is 10.6 Å². The van der Waals surface area contributed by atoms with E-state index in [0.717, 1.165) is 24.1 Å². The average molecular weight is 363 g/mol. The van der Waals surface area contributed by atoms with Crippen molar-refractivity contribution in [2.45, 2.75) is 26.2 Å². The molecule has 134 valence electrons. The summed E-state index contributed by atoms with van der Waals surface area (Å²) < 4.78 is 4.78. The fourth-order valence-electron chi connectivity index (χ4n) is 3.85. The number of anilines is 1. The topological polar surface area (TPSA) is 92.7 Å². The zero-order valence-corrected chi connectivity index (χ0v) is 15.0. The summed E-state index contributed by atoms with van der Waals surface area (Å²) in [6.07, 6.45) is 6.24. The van der Waals surface area contributed by atoms with Gasteiger partial charge in [-0.2, -0.15) is 0 Å². The fraction of sp³-hybridized carbons (Fsp3) is 0.500. The molecule has 7 heteroatoms. The number of amides is 1. The SMILES string of the molecule is CCc1cc(C(=O)OC)c(NC(=O)[C@H]2[C@H](C(=O)O)[C@H]3C=C[C@H]2CC3)s1. The second kappa shape index (κ2) is 7.00. The molecule has 1 aromatic rings. The van der Waals surface area contributed by atoms with Crippen molar-refractivity contribution in [2.75, 3.05) is 12.4 Å². The lowest BCUT2D eigenvalue weighted by Gasteiger charge is -2.41. The van der Waals surface area contributed by atoms with E-state index >= 15 is 0 Å². The number of methoxy groups -OCH3 is 1. The molecule has 0 aliphatic heterocycles. The number of hydrogen-bond donors (Lipinski definition) is 2. The van der Waals surface area contributed by atoms with Crippen LogP contribution in [-0.4, -0.2) is 30.1 Å². The van der Waals surface area contributed by atoms with Crippen LogP contribution in [0.2, 0.25) is 0 Å². The number of allylic oxidation sites excluding steroid dienone is 2. The summed E-state index contributed by atoms with van der Waals surface area (Å²) in [4.78, 5) is 37.5. The Morgan fingerprint density at radius 3 is 2.40 bits per heavy atom. The van der Waals surface area contributed by atoms with E-state index < -0.39 is 23.8 Å². The number of thiophene rings is 1. The van der Waals surface area contributed by atoms with Crippen molar-refractivity contribution in [3.8, 4) is 0 Å². The van der Waals surface area contributed by atoms with Crippen molar-refractivity contribution >= 4 is 34.2 Å². The number of carboxylic acids is 1. The van der Waals surface area contributed by atoms with Gasteiger partial charge >= 0.3 is 11.9 Å². The first-order chi connectivity index (χ1) is 12.0. The van der Waals surface area contributed by atoms with Crippen LogP contribution in [0.15, 0.2) is 18.2 Å². The third-order valence-electron chi connectivity index (χ3n) is 5.11. The van der Waals surface area contributed by atoms with Gasteiger partial charge in [0.25, 0.3) is 0 Å². The first-order valence-electron chi connectivity index (χ1n) is 8.39. The highest BCUT2D eigenvalue weighted by Gasteiger charge is 2.48. The summed E-state index contributed by atoms with van der Waals surface area (Å²) in [5.41, 5.74) is 0.320. The standard InChI is InChI=1S/C18H21NO5S/c1-3-11-8-12(18(23)24-2)16(25-11)19-15(20)13-9-4-6-10(7-5-9)14(13)17(21)22/h4,6,8-10,13-14H,3,5,7H2,1-2H3,(H,19,20)(H,21,22)/t9-,10-,13+,14+/m0/s1. The van der Waals surface area contributed by atoms with Crippen molar-refractivity contribution in [2.24, 2.45) is 23.7 Å². The number of carboxylic acid groups (broad SMARTS) is 1. The lowest BCUT2D eigenvalue weighted by atomic mass is 9.62. The maximum Gasteiger partial charge on any atom is 0.340 e. The van der Waals surface area contributed by atoms with Gasteiger partial charge in [-0.1, -0.05) is 19.1 Å². The molecule has 1 aromatic heterocycles. The Morgan fingerprint density at radius 1 is 1.24 bits per heavy atom. The van der Waals surface area contributed by atoms with Crippen molar-refractivity contribution in [1.82, 2.24) is 0 Å². The molecule has 0 spiro atoms. The minimum Gasteiger partial charge on any atom is -0.481 e. The molecule has 2 bridgehead atoms. The number of fused-ring (bicyclic) bond motifs is 2. The van der Waals surface area contributed by atoms with Gasteiger partial charge in [0.2, 0.25) is 5.91 Å². The lowest BCUT2D eigenvalue weighted by Crippen LogP contribution is -2.47. The molecule has 4 rings (SSSR count). The van der Waals surface area contributed by atoms with Crippen LogP contribution in [-0.2, 0) is 20.7 Å². The van der Waals surface area contributed by atoms with Crippen LogP contribution in [0.3, 0.4) is 0 Å². The Labute approximate surface area is 149 Å². The number of ether oxygens (including phenoxy) is 1. The Kier molecular flexibility index (Phi) is 4.94. The molecule has 1 amide bonds. The second-order valence-electron chi connectivity index (χ2n) is 6.47. The molecule has 0 saturated heterocycles. The Hall–Kier alpha value is -2.15. The maximum atomic E-state index is 12.9. The summed E-state index contributed by atoms with van der Waals surface area (Å²) in [6, 6.07) is 1.72. The van der Waals surface area contributed by atoms with E-state index in [2.05, 4.69) is 5.32 Å². The van der Waals surface area contributed by atoms with E-state index in [1.807, 2.05) is 19.1 Å². The molecule has 0 radical (unpaired) electrons.